The second-order valence-electron chi connectivity index (χ2n) is 1.09. The topological polar surface area (TPSA) is 20.2 Å². The summed E-state index contributed by atoms with van der Waals surface area (Å²) >= 11 is 0. The van der Waals surface area contributed by atoms with Gasteiger partial charge in [-0.2, -0.15) is 0 Å². The highest BCUT2D eigenvalue weighted by molar-refractivity contribution is 4.20. The number of hydrogen-bond donors (Lipinski definition) is 1. The van der Waals surface area contributed by atoms with Gasteiger partial charge in [0, 0.05) is 15.3 Å². The third-order valence-electron chi connectivity index (χ3n) is 0. The second-order valence-corrected chi connectivity index (χ2v) is 1.09. The molecule has 6 heavy (non-hydrogen) atoms. The number of aliphatic hydroxyl groups excluding tert-OH is 1. The second kappa shape index (κ2) is 8.84. The largest absolute Gasteiger partial charge is 0.394 e. The van der Waals surface area contributed by atoms with Gasteiger partial charge < -0.3 is 5.11 Å². The van der Waals surface area contributed by atoms with E-state index in [-0.39, 0.29) is 6.10 Å². The molecule has 0 fully saturated rings. The Morgan fingerprint density at radius 1 is 1.33 bits per heavy atom. The van der Waals surface area contributed by atoms with E-state index < -0.39 is 0 Å². The molecular weight excluding hydrogens is 90.0 g/mol. The van der Waals surface area contributed by atoms with Crippen molar-refractivity contribution in [2.75, 3.05) is 0 Å². The molecule has 0 aromatic carbocycles. The minimum Gasteiger partial charge on any atom is -0.394 e. The first kappa shape index (κ1) is 9.27. The molecule has 0 bridgehead atoms. The van der Waals surface area contributed by atoms with Crippen molar-refractivity contribution in [2.24, 2.45) is 0 Å². The van der Waals surface area contributed by atoms with Crippen LogP contribution in [0.15, 0.2) is 0 Å². The molecule has 0 aliphatic carbocycles. The Morgan fingerprint density at radius 3 is 1.33 bits per heavy atom. The summed E-state index contributed by atoms with van der Waals surface area (Å²) in [7, 11) is 0. The van der Waals surface area contributed by atoms with E-state index in [4.69, 9.17) is 14.3 Å². The van der Waals surface area contributed by atoms with Crippen molar-refractivity contribution in [3.63, 3.8) is 0 Å². The quantitative estimate of drug-likeness (QED) is 0.483. The van der Waals surface area contributed by atoms with Crippen molar-refractivity contribution in [1.82, 2.24) is 0 Å². The van der Waals surface area contributed by atoms with Gasteiger partial charge >= 0.3 is 0 Å². The summed E-state index contributed by atoms with van der Waals surface area (Å²) in [5.74, 6) is 0. The summed E-state index contributed by atoms with van der Waals surface area (Å²) in [6.07, 6.45) is -0.167. The maximum Gasteiger partial charge on any atom is 0.0483 e. The lowest BCUT2D eigenvalue weighted by Gasteiger charge is -1.80. The van der Waals surface area contributed by atoms with Crippen LogP contribution in [0.3, 0.4) is 0 Å². The van der Waals surface area contributed by atoms with Crippen LogP contribution in [0.25, 0.3) is 0 Å². The highest BCUT2D eigenvalue weighted by atomic mass is 20.0. The zero-order chi connectivity index (χ0) is 5.58. The molecule has 0 aromatic rings. The molecule has 0 atom stereocenters. The summed E-state index contributed by atoms with van der Waals surface area (Å²) in [5, 5.41) is 8.06. The van der Waals surface area contributed by atoms with Crippen LogP contribution >= 0.6 is 0 Å². The molecular formula is C3H8F2O. The Kier molecular flexibility index (Phi) is 13.7. The number of hydrogen-bond acceptors (Lipinski definition) is 1. The fourth-order valence-corrected chi connectivity index (χ4v) is 0. The smallest absolute Gasteiger partial charge is 0.0483 e. The Bertz CT molecular complexity index is 13.5. The fraction of sp³-hybridized carbons (Fsp3) is 1.00. The van der Waals surface area contributed by atoms with Crippen LogP contribution in [0, 0.1) is 0 Å². The molecule has 0 aromatic heterocycles. The molecule has 0 aliphatic rings. The summed E-state index contributed by atoms with van der Waals surface area (Å²) in [4.78, 5) is 0. The van der Waals surface area contributed by atoms with Crippen molar-refractivity contribution in [2.45, 2.75) is 20.0 Å². The van der Waals surface area contributed by atoms with Crippen molar-refractivity contribution in [1.29, 1.82) is 0 Å². The molecule has 0 unspecified atom stereocenters. The third-order valence-corrected chi connectivity index (χ3v) is 0. The first-order chi connectivity index (χ1) is 2.73. The van der Waals surface area contributed by atoms with Crippen LogP contribution in [0.1, 0.15) is 13.8 Å². The third kappa shape index (κ3) is 938. The van der Waals surface area contributed by atoms with Crippen molar-refractivity contribution < 1.29 is 14.3 Å². The lowest BCUT2D eigenvalue weighted by Crippen LogP contribution is -1.85. The van der Waals surface area contributed by atoms with E-state index in [0.29, 0.717) is 0 Å². The molecule has 0 rings (SSSR count). The predicted molar refractivity (Wildman–Crippen MR) is 19.6 cm³/mol. The Morgan fingerprint density at radius 2 is 1.33 bits per heavy atom. The maximum absolute atomic E-state index is 8.06. The van der Waals surface area contributed by atoms with E-state index in [2.05, 4.69) is 0 Å². The van der Waals surface area contributed by atoms with Crippen LogP contribution < -0.4 is 0 Å². The van der Waals surface area contributed by atoms with E-state index in [9.17, 15) is 0 Å². The monoisotopic (exact) mass is 98.1 g/mol. The Balaban J connectivity index is 0. The molecule has 0 spiro atoms. The molecule has 0 radical (unpaired) electrons. The first-order valence-electron chi connectivity index (χ1n) is 1.56. The van der Waals surface area contributed by atoms with E-state index in [0.717, 1.165) is 0 Å². The summed E-state index contributed by atoms with van der Waals surface area (Å²) < 4.78 is 16.0. The Hall–Kier alpha value is -0.180. The maximum atomic E-state index is 8.06. The molecule has 1 nitrogen and oxygen atoms in total. The van der Waals surface area contributed by atoms with Gasteiger partial charge in [0.15, 0.2) is 0 Å². The number of rotatable bonds is 0. The van der Waals surface area contributed by atoms with Crippen LogP contribution in [0.4, 0.5) is 9.15 Å². The minimum absolute atomic E-state index is 0.167. The van der Waals surface area contributed by atoms with Crippen LogP contribution in [0.5, 0.6) is 0 Å². The molecule has 0 saturated carbocycles. The van der Waals surface area contributed by atoms with Crippen LogP contribution in [-0.4, -0.2) is 11.2 Å². The molecule has 40 valence electrons. The van der Waals surface area contributed by atoms with Gasteiger partial charge in [0.1, 0.15) is 0 Å². The lowest BCUT2D eigenvalue weighted by atomic mass is 10.5. The van der Waals surface area contributed by atoms with Gasteiger partial charge in [-0.25, -0.2) is 0 Å². The highest BCUT2D eigenvalue weighted by Crippen LogP contribution is 1.65. The summed E-state index contributed by atoms with van der Waals surface area (Å²) in [6.45, 7) is 3.44. The SMILES string of the molecule is CC(C)O.FF. The van der Waals surface area contributed by atoms with Crippen LogP contribution in [0.2, 0.25) is 0 Å². The van der Waals surface area contributed by atoms with Gasteiger partial charge in [-0.15, -0.1) is 0 Å². The summed E-state index contributed by atoms with van der Waals surface area (Å²) in [5.41, 5.74) is 0. The van der Waals surface area contributed by atoms with E-state index in [1.54, 1.807) is 13.8 Å². The fourth-order valence-electron chi connectivity index (χ4n) is 0. The van der Waals surface area contributed by atoms with Gasteiger partial charge in [-0.3, -0.25) is 0 Å². The normalized spacial score (nSPS) is 7.00. The van der Waals surface area contributed by atoms with Crippen LogP contribution in [-0.2, 0) is 0 Å². The van der Waals surface area contributed by atoms with E-state index >= 15 is 0 Å². The first-order valence-corrected chi connectivity index (χ1v) is 1.56. The van der Waals surface area contributed by atoms with Gasteiger partial charge in [-0.1, -0.05) is 0 Å². The average molecular weight is 98.1 g/mol. The number of halogens is 2. The van der Waals surface area contributed by atoms with Gasteiger partial charge in [0.05, 0.1) is 0 Å². The van der Waals surface area contributed by atoms with Crippen molar-refractivity contribution >= 4 is 0 Å². The van der Waals surface area contributed by atoms with E-state index in [1.807, 2.05) is 0 Å². The van der Waals surface area contributed by atoms with Gasteiger partial charge in [-0.05, 0) is 13.8 Å². The highest BCUT2D eigenvalue weighted by Gasteiger charge is 1.69. The molecule has 0 heterocycles. The van der Waals surface area contributed by atoms with Crippen molar-refractivity contribution in [3.8, 4) is 0 Å². The predicted octanol–water partition coefficient (Wildman–Crippen LogP) is 1.23. The molecule has 0 aliphatic heterocycles. The molecule has 0 amide bonds. The average Bonchev–Trinajstić information content (AvgIpc) is 1.41. The lowest BCUT2D eigenvalue weighted by molar-refractivity contribution is 0.108. The molecule has 0 saturated heterocycles. The zero-order valence-electron chi connectivity index (χ0n) is 3.78. The zero-order valence-corrected chi connectivity index (χ0v) is 3.78. The molecule has 1 N–H and O–H groups in total. The standard InChI is InChI=1S/C3H8O.F2/c1-3(2)4;1-2/h3-4H,1-2H3;. The van der Waals surface area contributed by atoms with Crippen molar-refractivity contribution in [3.05, 3.63) is 0 Å². The minimum atomic E-state index is -0.167. The number of aliphatic hydroxyl groups is 1. The summed E-state index contributed by atoms with van der Waals surface area (Å²) in [6, 6.07) is 0. The van der Waals surface area contributed by atoms with Gasteiger partial charge in [0.25, 0.3) is 0 Å². The van der Waals surface area contributed by atoms with Gasteiger partial charge in [0.2, 0.25) is 0 Å². The van der Waals surface area contributed by atoms with E-state index in [1.165, 1.54) is 0 Å². The Labute approximate surface area is 35.5 Å². The molecule has 3 heteroatoms.